The van der Waals surface area contributed by atoms with Gasteiger partial charge in [-0.15, -0.1) is 0 Å². The van der Waals surface area contributed by atoms with Crippen molar-refractivity contribution in [2.45, 2.75) is 84.0 Å². The molecule has 1 aromatic carbocycles. The molecule has 3 fully saturated rings. The van der Waals surface area contributed by atoms with Gasteiger partial charge < -0.3 is 34.6 Å². The molecule has 2 atom stereocenters. The van der Waals surface area contributed by atoms with E-state index in [4.69, 9.17) is 14.2 Å². The molecule has 0 unspecified atom stereocenters. The third-order valence-corrected chi connectivity index (χ3v) is 13.9. The van der Waals surface area contributed by atoms with Gasteiger partial charge in [0.15, 0.2) is 14.9 Å². The Balaban J connectivity index is 0.976. The van der Waals surface area contributed by atoms with Gasteiger partial charge in [0.05, 0.1) is 40.7 Å². The zero-order valence-electron chi connectivity index (χ0n) is 26.5. The monoisotopic (exact) mass is 680 g/mol. The van der Waals surface area contributed by atoms with Gasteiger partial charge in [0.2, 0.25) is 5.88 Å². The molecule has 254 valence electrons. The van der Waals surface area contributed by atoms with Crippen molar-refractivity contribution in [1.29, 1.82) is 0 Å². The molecule has 46 heavy (non-hydrogen) atoms. The smallest absolute Gasteiger partial charge is 0.260 e. The third-order valence-electron chi connectivity index (χ3n) is 9.53. The summed E-state index contributed by atoms with van der Waals surface area (Å²) in [6.07, 6.45) is 1.80. The van der Waals surface area contributed by atoms with Crippen molar-refractivity contribution < 1.29 is 41.3 Å². The molecule has 2 aromatic rings. The second-order valence-corrected chi connectivity index (χ2v) is 17.9. The van der Waals surface area contributed by atoms with Gasteiger partial charge in [-0.3, -0.25) is 0 Å². The van der Waals surface area contributed by atoms with E-state index in [0.29, 0.717) is 70.0 Å². The Morgan fingerprint density at radius 3 is 2.54 bits per heavy atom. The molecule has 1 saturated carbocycles. The van der Waals surface area contributed by atoms with E-state index in [1.165, 1.54) is 22.5 Å². The van der Waals surface area contributed by atoms with Gasteiger partial charge >= 0.3 is 0 Å². The Morgan fingerprint density at radius 1 is 1.11 bits per heavy atom. The quantitative estimate of drug-likeness (QED) is 0.312. The van der Waals surface area contributed by atoms with Crippen LogP contribution in [0.2, 0.25) is 0 Å². The number of fused-ring (bicyclic) bond motifs is 1. The first-order chi connectivity index (χ1) is 21.7. The molecule has 1 aliphatic carbocycles. The molecule has 15 heteroatoms. The molecule has 1 spiro atoms. The number of sulfone groups is 1. The van der Waals surface area contributed by atoms with Gasteiger partial charge in [-0.1, -0.05) is 6.07 Å². The maximum Gasteiger partial charge on any atom is 0.260 e. The number of hydrogen-bond donors (Lipinski definition) is 3. The molecule has 0 radical (unpaired) electrons. The number of aromatic nitrogens is 1. The number of piperidine rings is 1. The minimum atomic E-state index is -3.82. The van der Waals surface area contributed by atoms with Crippen LogP contribution in [0.15, 0.2) is 46.3 Å². The number of pyridine rings is 1. The predicted molar refractivity (Wildman–Crippen MR) is 169 cm³/mol. The maximum atomic E-state index is 13.5. The number of nitrogens with one attached hydrogen (secondary N) is 1. The van der Waals surface area contributed by atoms with E-state index in [2.05, 4.69) is 10.3 Å². The van der Waals surface area contributed by atoms with Crippen LogP contribution in [0.3, 0.4) is 0 Å². The van der Waals surface area contributed by atoms with Crippen molar-refractivity contribution in [1.82, 2.24) is 14.6 Å². The van der Waals surface area contributed by atoms with Crippen LogP contribution >= 0.6 is 0 Å². The number of aliphatic hydroxyl groups excluding tert-OH is 2. The lowest BCUT2D eigenvalue weighted by Gasteiger charge is -2.39. The lowest BCUT2D eigenvalue weighted by Crippen LogP contribution is -2.47. The molecule has 6 rings (SSSR count). The van der Waals surface area contributed by atoms with Gasteiger partial charge in [0.25, 0.3) is 10.0 Å². The van der Waals surface area contributed by atoms with Crippen LogP contribution in [-0.2, 0) is 24.6 Å². The first kappa shape index (κ1) is 33.4. The summed E-state index contributed by atoms with van der Waals surface area (Å²) in [6.45, 7) is 5.41. The first-order valence-corrected chi connectivity index (χ1v) is 18.7. The van der Waals surface area contributed by atoms with Crippen molar-refractivity contribution >= 4 is 25.5 Å². The summed E-state index contributed by atoms with van der Waals surface area (Å²) < 4.78 is 71.1. The summed E-state index contributed by atoms with van der Waals surface area (Å²) in [4.78, 5) is 6.52. The highest BCUT2D eigenvalue weighted by Gasteiger charge is 2.54. The Bertz CT molecular complexity index is 1660. The van der Waals surface area contributed by atoms with E-state index in [-0.39, 0.29) is 29.1 Å². The highest BCUT2D eigenvalue weighted by atomic mass is 32.2. The fourth-order valence-corrected chi connectivity index (χ4v) is 9.86. The Morgan fingerprint density at radius 2 is 1.85 bits per heavy atom. The minimum absolute atomic E-state index is 0.0145. The summed E-state index contributed by atoms with van der Waals surface area (Å²) in [5.41, 5.74) is -0.167. The Kier molecular flexibility index (Phi) is 8.83. The van der Waals surface area contributed by atoms with E-state index >= 15 is 0 Å². The number of benzene rings is 1. The van der Waals surface area contributed by atoms with Crippen LogP contribution in [0, 0.1) is 0 Å². The largest absolute Gasteiger partial charge is 0.491 e. The molecule has 3 aliphatic heterocycles. The highest BCUT2D eigenvalue weighted by Crippen LogP contribution is 2.46. The van der Waals surface area contributed by atoms with Crippen LogP contribution in [0.4, 0.5) is 5.69 Å². The number of hydrogen-bond acceptors (Lipinski definition) is 12. The summed E-state index contributed by atoms with van der Waals surface area (Å²) in [5.74, 6) is 0.646. The van der Waals surface area contributed by atoms with Crippen LogP contribution < -0.4 is 19.7 Å². The first-order valence-electron chi connectivity index (χ1n) is 15.7. The molecule has 0 bridgehead atoms. The van der Waals surface area contributed by atoms with Crippen LogP contribution in [-0.4, -0.2) is 117 Å². The minimum Gasteiger partial charge on any atom is -0.491 e. The Labute approximate surface area is 270 Å². The number of nitrogens with zero attached hydrogens (tertiary/aromatic N) is 3. The lowest BCUT2D eigenvalue weighted by molar-refractivity contribution is -0.0312. The standard InChI is InChI=1S/C31H44N4O9S2/c1-29(2)20-34(3)26-7-8-27(33-28(26)44-29)46(40,41)35-13-11-30(12-14-35)16-22(18-43-30)32-17-23(37)19-42-24-5-4-6-25(15-24)45(38,39)31(21-36)9-10-31/h4-8,15,22-23,32,36-37H,9-14,16-21H2,1-3H3/t22-,23+/m1/s1. The number of rotatable bonds is 11. The molecule has 4 heterocycles. The van der Waals surface area contributed by atoms with Crippen molar-refractivity contribution in [2.24, 2.45) is 0 Å². The zero-order valence-corrected chi connectivity index (χ0v) is 28.1. The van der Waals surface area contributed by atoms with E-state index in [9.17, 15) is 27.0 Å². The molecule has 13 nitrogen and oxygen atoms in total. The molecule has 3 N–H and O–H groups in total. The van der Waals surface area contributed by atoms with Crippen LogP contribution in [0.25, 0.3) is 0 Å². The third kappa shape index (κ3) is 6.47. The molecular weight excluding hydrogens is 636 g/mol. The normalized spacial score (nSPS) is 24.3. The van der Waals surface area contributed by atoms with Gasteiger partial charge in [-0.05, 0) is 76.3 Å². The SMILES string of the molecule is CN1CC(C)(C)Oc2nc(S(=O)(=O)N3CCC4(CC3)C[C@@H](NC[C@H](O)COc3cccc(S(=O)(=O)C5(CO)CC5)c3)CO4)ccc21. The Hall–Kier alpha value is -2.53. The molecule has 0 amide bonds. The van der Waals surface area contributed by atoms with E-state index in [1.54, 1.807) is 18.2 Å². The fraction of sp³-hybridized carbons (Fsp3) is 0.645. The van der Waals surface area contributed by atoms with Crippen molar-refractivity contribution in [3.8, 4) is 11.6 Å². The second kappa shape index (κ2) is 12.2. The molecule has 2 saturated heterocycles. The number of ether oxygens (including phenoxy) is 3. The van der Waals surface area contributed by atoms with Gasteiger partial charge in [-0.25, -0.2) is 16.8 Å². The molecule has 1 aromatic heterocycles. The predicted octanol–water partition coefficient (Wildman–Crippen LogP) is 1.33. The van der Waals surface area contributed by atoms with E-state index < -0.39 is 48.5 Å². The lowest BCUT2D eigenvalue weighted by atomic mass is 9.88. The maximum absolute atomic E-state index is 13.5. The summed E-state index contributed by atoms with van der Waals surface area (Å²) in [5, 5.41) is 23.4. The van der Waals surface area contributed by atoms with E-state index in [0.717, 1.165) is 5.69 Å². The zero-order chi connectivity index (χ0) is 33.0. The average molecular weight is 681 g/mol. The van der Waals surface area contributed by atoms with Crippen molar-refractivity contribution in [2.75, 3.05) is 57.9 Å². The van der Waals surface area contributed by atoms with Crippen molar-refractivity contribution in [3.05, 3.63) is 36.4 Å². The number of likely N-dealkylation sites (N-methyl/N-ethyl adjacent to an activating group) is 1. The van der Waals surface area contributed by atoms with E-state index in [1.807, 2.05) is 25.8 Å². The summed E-state index contributed by atoms with van der Waals surface area (Å²) >= 11 is 0. The van der Waals surface area contributed by atoms with Crippen molar-refractivity contribution in [3.63, 3.8) is 0 Å². The average Bonchev–Trinajstić information content (AvgIpc) is 3.74. The second-order valence-electron chi connectivity index (χ2n) is 13.7. The van der Waals surface area contributed by atoms with Crippen LogP contribution in [0.5, 0.6) is 11.6 Å². The topological polar surface area (TPSA) is 168 Å². The molecule has 4 aliphatic rings. The van der Waals surface area contributed by atoms with Gasteiger partial charge in [0.1, 0.15) is 24.1 Å². The number of aliphatic hydroxyl groups is 2. The summed E-state index contributed by atoms with van der Waals surface area (Å²) in [6, 6.07) is 9.41. The molecular formula is C31H44N4O9S2. The fourth-order valence-electron chi connectivity index (χ4n) is 6.65. The number of anilines is 1. The number of sulfonamides is 1. The summed E-state index contributed by atoms with van der Waals surface area (Å²) in [7, 11) is -5.56. The highest BCUT2D eigenvalue weighted by molar-refractivity contribution is 7.93. The van der Waals surface area contributed by atoms with Gasteiger partial charge in [-0.2, -0.15) is 9.29 Å². The van der Waals surface area contributed by atoms with Crippen LogP contribution in [0.1, 0.15) is 46.0 Å². The van der Waals surface area contributed by atoms with Gasteiger partial charge in [0, 0.05) is 32.7 Å².